The summed E-state index contributed by atoms with van der Waals surface area (Å²) < 4.78 is 7.31. The molecule has 1 amide bonds. The van der Waals surface area contributed by atoms with E-state index in [-0.39, 0.29) is 5.91 Å². The van der Waals surface area contributed by atoms with Gasteiger partial charge in [-0.2, -0.15) is 0 Å². The Hall–Kier alpha value is -1.47. The van der Waals surface area contributed by atoms with E-state index in [1.807, 2.05) is 11.2 Å². The maximum Gasteiger partial charge on any atom is 0.222 e. The first kappa shape index (κ1) is 18.3. The van der Waals surface area contributed by atoms with Gasteiger partial charge in [0.15, 0.2) is 0 Å². The Bertz CT molecular complexity index is 578. The van der Waals surface area contributed by atoms with Gasteiger partial charge in [0.25, 0.3) is 0 Å². The van der Waals surface area contributed by atoms with Gasteiger partial charge in [0.1, 0.15) is 12.2 Å². The van der Waals surface area contributed by atoms with E-state index in [1.165, 1.54) is 0 Å². The van der Waals surface area contributed by atoms with Crippen molar-refractivity contribution >= 4 is 5.91 Å². The molecule has 2 aliphatic rings. The quantitative estimate of drug-likeness (QED) is 0.782. The maximum absolute atomic E-state index is 12.1. The molecule has 7 nitrogen and oxygen atoms in total. The highest BCUT2D eigenvalue weighted by Crippen LogP contribution is 2.40. The molecular weight excluding hydrogens is 318 g/mol. The Morgan fingerprint density at radius 2 is 2.04 bits per heavy atom. The summed E-state index contributed by atoms with van der Waals surface area (Å²) in [6, 6.07) is 0.389. The number of carbonyl (C=O) groups excluding carboxylic acids is 1. The molecule has 3 heterocycles. The zero-order chi connectivity index (χ0) is 17.9. The van der Waals surface area contributed by atoms with Gasteiger partial charge in [-0.15, -0.1) is 10.2 Å². The molecule has 1 spiro atoms. The van der Waals surface area contributed by atoms with Gasteiger partial charge in [-0.3, -0.25) is 9.69 Å². The molecule has 140 valence electrons. The summed E-state index contributed by atoms with van der Waals surface area (Å²) in [5.74, 6) is 1.33. The normalized spacial score (nSPS) is 21.4. The monoisotopic (exact) mass is 349 g/mol. The predicted molar refractivity (Wildman–Crippen MR) is 95.0 cm³/mol. The SMILES string of the molecule is COCCN1CC2(CCC1=O)CCN(Cc1nncn1C(C)C)CC2. The maximum atomic E-state index is 12.1. The summed E-state index contributed by atoms with van der Waals surface area (Å²) in [5, 5.41) is 8.37. The fraction of sp³-hybridized carbons (Fsp3) is 0.833. The van der Waals surface area contributed by atoms with Crippen LogP contribution in [0.2, 0.25) is 0 Å². The first-order chi connectivity index (χ1) is 12.0. The van der Waals surface area contributed by atoms with Gasteiger partial charge in [-0.1, -0.05) is 0 Å². The van der Waals surface area contributed by atoms with Gasteiger partial charge in [-0.05, 0) is 51.6 Å². The van der Waals surface area contributed by atoms with Gasteiger partial charge in [0.2, 0.25) is 5.91 Å². The molecule has 0 N–H and O–H groups in total. The Morgan fingerprint density at radius 1 is 1.28 bits per heavy atom. The van der Waals surface area contributed by atoms with Crippen molar-refractivity contribution < 1.29 is 9.53 Å². The minimum absolute atomic E-state index is 0.287. The standard InChI is InChI=1S/C18H31N5O2/c1-15(2)23-14-19-20-16(23)12-21-8-6-18(7-9-21)5-4-17(24)22(13-18)10-11-25-3/h14-15H,4-13H2,1-3H3. The highest BCUT2D eigenvalue weighted by atomic mass is 16.5. The Balaban J connectivity index is 1.56. The number of methoxy groups -OCH3 is 1. The number of carbonyl (C=O) groups is 1. The van der Waals surface area contributed by atoms with Crippen LogP contribution in [-0.4, -0.2) is 70.4 Å². The number of piperidine rings is 2. The molecule has 2 aliphatic heterocycles. The second-order valence-corrected chi connectivity index (χ2v) is 7.83. The minimum atomic E-state index is 0.287. The van der Waals surface area contributed by atoms with E-state index < -0.39 is 0 Å². The van der Waals surface area contributed by atoms with Crippen molar-refractivity contribution in [2.75, 3.05) is 39.9 Å². The van der Waals surface area contributed by atoms with E-state index in [0.29, 0.717) is 24.5 Å². The lowest BCUT2D eigenvalue weighted by Gasteiger charge is -2.47. The topological polar surface area (TPSA) is 63.5 Å². The van der Waals surface area contributed by atoms with Crippen molar-refractivity contribution in [3.05, 3.63) is 12.2 Å². The molecule has 0 bridgehead atoms. The second kappa shape index (κ2) is 7.83. The largest absolute Gasteiger partial charge is 0.383 e. The highest BCUT2D eigenvalue weighted by Gasteiger charge is 2.40. The van der Waals surface area contributed by atoms with Crippen molar-refractivity contribution in [1.29, 1.82) is 0 Å². The van der Waals surface area contributed by atoms with Crippen molar-refractivity contribution in [3.63, 3.8) is 0 Å². The molecule has 2 saturated heterocycles. The Kier molecular flexibility index (Phi) is 5.74. The minimum Gasteiger partial charge on any atom is -0.383 e. The molecule has 0 aromatic carbocycles. The summed E-state index contributed by atoms with van der Waals surface area (Å²) in [6.45, 7) is 9.55. The molecule has 0 aliphatic carbocycles. The van der Waals surface area contributed by atoms with Crippen LogP contribution in [0.15, 0.2) is 6.33 Å². The van der Waals surface area contributed by atoms with Crippen LogP contribution >= 0.6 is 0 Å². The summed E-state index contributed by atoms with van der Waals surface area (Å²) in [6.07, 6.45) is 5.85. The van der Waals surface area contributed by atoms with Gasteiger partial charge in [0.05, 0.1) is 13.2 Å². The average molecular weight is 349 g/mol. The van der Waals surface area contributed by atoms with Gasteiger partial charge in [0, 0.05) is 32.7 Å². The van der Waals surface area contributed by atoms with Crippen LogP contribution in [0.25, 0.3) is 0 Å². The van der Waals surface area contributed by atoms with Crippen molar-refractivity contribution in [2.24, 2.45) is 5.41 Å². The first-order valence-electron chi connectivity index (χ1n) is 9.40. The third-order valence-electron chi connectivity index (χ3n) is 5.80. The van der Waals surface area contributed by atoms with Crippen LogP contribution in [0.4, 0.5) is 0 Å². The van der Waals surface area contributed by atoms with Gasteiger partial charge < -0.3 is 14.2 Å². The first-order valence-corrected chi connectivity index (χ1v) is 9.40. The van der Waals surface area contributed by atoms with E-state index in [9.17, 15) is 4.79 Å². The van der Waals surface area contributed by atoms with E-state index in [1.54, 1.807) is 7.11 Å². The molecule has 0 saturated carbocycles. The molecule has 1 aromatic rings. The lowest BCUT2D eigenvalue weighted by Crippen LogP contribution is -2.52. The fourth-order valence-electron chi connectivity index (χ4n) is 4.11. The van der Waals surface area contributed by atoms with E-state index in [4.69, 9.17) is 4.74 Å². The van der Waals surface area contributed by atoms with E-state index in [2.05, 4.69) is 33.5 Å². The lowest BCUT2D eigenvalue weighted by atomic mass is 9.72. The molecule has 0 atom stereocenters. The molecule has 1 aromatic heterocycles. The summed E-state index contributed by atoms with van der Waals surface area (Å²) in [7, 11) is 1.69. The number of hydrogen-bond donors (Lipinski definition) is 0. The Morgan fingerprint density at radius 3 is 2.72 bits per heavy atom. The highest BCUT2D eigenvalue weighted by molar-refractivity contribution is 5.77. The predicted octanol–water partition coefficient (Wildman–Crippen LogP) is 1.71. The molecule has 0 unspecified atom stereocenters. The van der Waals surface area contributed by atoms with Crippen LogP contribution in [0.3, 0.4) is 0 Å². The van der Waals surface area contributed by atoms with Crippen molar-refractivity contribution in [3.8, 4) is 0 Å². The summed E-state index contributed by atoms with van der Waals surface area (Å²) in [5.41, 5.74) is 0.296. The van der Waals surface area contributed by atoms with Crippen LogP contribution in [-0.2, 0) is 16.1 Å². The number of amides is 1. The number of nitrogens with zero attached hydrogens (tertiary/aromatic N) is 5. The molecular formula is C18H31N5O2. The van der Waals surface area contributed by atoms with E-state index >= 15 is 0 Å². The van der Waals surface area contributed by atoms with Crippen molar-refractivity contribution in [1.82, 2.24) is 24.6 Å². The van der Waals surface area contributed by atoms with Crippen LogP contribution < -0.4 is 0 Å². The zero-order valence-corrected chi connectivity index (χ0v) is 15.8. The summed E-state index contributed by atoms with van der Waals surface area (Å²) >= 11 is 0. The second-order valence-electron chi connectivity index (χ2n) is 7.83. The van der Waals surface area contributed by atoms with Crippen LogP contribution in [0, 0.1) is 5.41 Å². The van der Waals surface area contributed by atoms with E-state index in [0.717, 1.165) is 57.8 Å². The third-order valence-corrected chi connectivity index (χ3v) is 5.80. The molecule has 0 radical (unpaired) electrons. The number of aromatic nitrogens is 3. The van der Waals surface area contributed by atoms with Crippen molar-refractivity contribution in [2.45, 2.75) is 52.1 Å². The number of likely N-dealkylation sites (tertiary alicyclic amines) is 2. The van der Waals surface area contributed by atoms with Crippen LogP contribution in [0.1, 0.15) is 51.4 Å². The van der Waals surface area contributed by atoms with Gasteiger partial charge in [-0.25, -0.2) is 0 Å². The van der Waals surface area contributed by atoms with Gasteiger partial charge >= 0.3 is 0 Å². The molecule has 7 heteroatoms. The Labute approximate surface area is 150 Å². The third kappa shape index (κ3) is 4.20. The fourth-order valence-corrected chi connectivity index (χ4v) is 4.11. The summed E-state index contributed by atoms with van der Waals surface area (Å²) in [4.78, 5) is 16.6. The number of ether oxygens (including phenoxy) is 1. The molecule has 2 fully saturated rings. The number of rotatable bonds is 6. The zero-order valence-electron chi connectivity index (χ0n) is 15.8. The smallest absolute Gasteiger partial charge is 0.222 e. The molecule has 25 heavy (non-hydrogen) atoms. The average Bonchev–Trinajstić information content (AvgIpc) is 3.06. The molecule has 3 rings (SSSR count). The van der Waals surface area contributed by atoms with Crippen LogP contribution in [0.5, 0.6) is 0 Å². The number of hydrogen-bond acceptors (Lipinski definition) is 5. The lowest BCUT2D eigenvalue weighted by molar-refractivity contribution is -0.140.